The van der Waals surface area contributed by atoms with Crippen LogP contribution >= 0.6 is 11.3 Å². The Morgan fingerprint density at radius 3 is 2.65 bits per heavy atom. The number of aromatic nitrogens is 2. The standard InChI is InChI=1S/C16H17N5OS/c1-3-18-15(22)10-4-6-11(7-5-10)19-16-20-12-8-9-23-13(12)14(17-2)21-16/h4-9H,3H2,1-2H3,(H,18,22)(H2,17,19,20,21). The van der Waals surface area contributed by atoms with E-state index in [1.807, 2.05) is 37.6 Å². The number of rotatable bonds is 5. The number of hydrogen-bond donors (Lipinski definition) is 3. The van der Waals surface area contributed by atoms with E-state index < -0.39 is 0 Å². The highest BCUT2D eigenvalue weighted by molar-refractivity contribution is 7.17. The Hall–Kier alpha value is -2.67. The molecule has 0 aliphatic rings. The Labute approximate surface area is 138 Å². The average molecular weight is 327 g/mol. The molecule has 0 aliphatic heterocycles. The minimum atomic E-state index is -0.0764. The van der Waals surface area contributed by atoms with Crippen molar-refractivity contribution < 1.29 is 4.79 Å². The van der Waals surface area contributed by atoms with E-state index in [2.05, 4.69) is 25.9 Å². The van der Waals surface area contributed by atoms with Gasteiger partial charge in [0, 0.05) is 24.8 Å². The highest BCUT2D eigenvalue weighted by Crippen LogP contribution is 2.27. The summed E-state index contributed by atoms with van der Waals surface area (Å²) in [5.41, 5.74) is 2.35. The summed E-state index contributed by atoms with van der Waals surface area (Å²) >= 11 is 1.60. The fourth-order valence-electron chi connectivity index (χ4n) is 2.19. The van der Waals surface area contributed by atoms with Gasteiger partial charge in [-0.2, -0.15) is 4.98 Å². The van der Waals surface area contributed by atoms with Crippen molar-refractivity contribution in [1.29, 1.82) is 0 Å². The number of thiophene rings is 1. The predicted octanol–water partition coefficient (Wildman–Crippen LogP) is 3.23. The monoisotopic (exact) mass is 327 g/mol. The lowest BCUT2D eigenvalue weighted by Crippen LogP contribution is -2.22. The normalized spacial score (nSPS) is 10.5. The quantitative estimate of drug-likeness (QED) is 0.670. The molecule has 3 rings (SSSR count). The maximum absolute atomic E-state index is 11.8. The maximum atomic E-state index is 11.8. The van der Waals surface area contributed by atoms with Crippen LogP contribution in [0.2, 0.25) is 0 Å². The minimum Gasteiger partial charge on any atom is -0.372 e. The molecule has 0 bridgehead atoms. The molecule has 118 valence electrons. The van der Waals surface area contributed by atoms with Gasteiger partial charge in [0.1, 0.15) is 5.82 Å². The summed E-state index contributed by atoms with van der Waals surface area (Å²) in [4.78, 5) is 20.7. The molecule has 0 fully saturated rings. The molecule has 0 unspecified atom stereocenters. The first-order chi connectivity index (χ1) is 11.2. The molecule has 1 amide bonds. The van der Waals surface area contributed by atoms with Crippen LogP contribution < -0.4 is 16.0 Å². The van der Waals surface area contributed by atoms with E-state index in [0.717, 1.165) is 21.7 Å². The predicted molar refractivity (Wildman–Crippen MR) is 94.7 cm³/mol. The fraction of sp³-hybridized carbons (Fsp3) is 0.188. The molecular weight excluding hydrogens is 310 g/mol. The van der Waals surface area contributed by atoms with Gasteiger partial charge in [0.05, 0.1) is 10.2 Å². The Kier molecular flexibility index (Phi) is 4.38. The number of amides is 1. The summed E-state index contributed by atoms with van der Waals surface area (Å²) in [6, 6.07) is 9.19. The third kappa shape index (κ3) is 3.24. The van der Waals surface area contributed by atoms with Crippen LogP contribution in [0.5, 0.6) is 0 Å². The topological polar surface area (TPSA) is 78.9 Å². The molecule has 7 heteroatoms. The van der Waals surface area contributed by atoms with Gasteiger partial charge in [-0.05, 0) is 42.6 Å². The Morgan fingerprint density at radius 2 is 1.96 bits per heavy atom. The van der Waals surface area contributed by atoms with Crippen molar-refractivity contribution in [3.63, 3.8) is 0 Å². The number of nitrogens with one attached hydrogen (secondary N) is 3. The Morgan fingerprint density at radius 1 is 1.17 bits per heavy atom. The zero-order valence-electron chi connectivity index (χ0n) is 12.9. The van der Waals surface area contributed by atoms with Crippen molar-refractivity contribution in [3.05, 3.63) is 41.3 Å². The van der Waals surface area contributed by atoms with Gasteiger partial charge in [0.25, 0.3) is 5.91 Å². The number of carbonyl (C=O) groups excluding carboxylic acids is 1. The van der Waals surface area contributed by atoms with Crippen molar-refractivity contribution in [3.8, 4) is 0 Å². The van der Waals surface area contributed by atoms with Gasteiger partial charge in [-0.15, -0.1) is 11.3 Å². The molecule has 2 heterocycles. The van der Waals surface area contributed by atoms with E-state index in [1.54, 1.807) is 23.5 Å². The highest BCUT2D eigenvalue weighted by Gasteiger charge is 2.09. The highest BCUT2D eigenvalue weighted by atomic mass is 32.1. The van der Waals surface area contributed by atoms with E-state index in [4.69, 9.17) is 0 Å². The first kappa shape index (κ1) is 15.2. The van der Waals surface area contributed by atoms with Gasteiger partial charge in [-0.25, -0.2) is 4.98 Å². The molecule has 0 aliphatic carbocycles. The van der Waals surface area contributed by atoms with E-state index in [0.29, 0.717) is 18.1 Å². The van der Waals surface area contributed by atoms with Gasteiger partial charge in [-0.1, -0.05) is 0 Å². The summed E-state index contributed by atoms with van der Waals surface area (Å²) in [6.07, 6.45) is 0. The lowest BCUT2D eigenvalue weighted by atomic mass is 10.2. The molecule has 0 spiro atoms. The summed E-state index contributed by atoms with van der Waals surface area (Å²) in [7, 11) is 1.84. The van der Waals surface area contributed by atoms with Crippen molar-refractivity contribution in [2.75, 3.05) is 24.2 Å². The summed E-state index contributed by atoms with van der Waals surface area (Å²) < 4.78 is 1.03. The molecular formula is C16H17N5OS. The van der Waals surface area contributed by atoms with Crippen LogP contribution in [0.3, 0.4) is 0 Å². The van der Waals surface area contributed by atoms with Crippen LogP contribution in [-0.4, -0.2) is 29.5 Å². The largest absolute Gasteiger partial charge is 0.372 e. The Balaban J connectivity index is 1.83. The third-order valence-electron chi connectivity index (χ3n) is 3.28. The number of hydrogen-bond acceptors (Lipinski definition) is 6. The van der Waals surface area contributed by atoms with Crippen LogP contribution in [0, 0.1) is 0 Å². The van der Waals surface area contributed by atoms with Gasteiger partial charge in [0.2, 0.25) is 5.95 Å². The van der Waals surface area contributed by atoms with Crippen LogP contribution in [0.1, 0.15) is 17.3 Å². The van der Waals surface area contributed by atoms with E-state index in [9.17, 15) is 4.79 Å². The molecule has 3 N–H and O–H groups in total. The van der Waals surface area contributed by atoms with Gasteiger partial charge in [-0.3, -0.25) is 4.79 Å². The van der Waals surface area contributed by atoms with E-state index in [-0.39, 0.29) is 5.91 Å². The number of fused-ring (bicyclic) bond motifs is 1. The average Bonchev–Trinajstić information content (AvgIpc) is 3.03. The van der Waals surface area contributed by atoms with Crippen LogP contribution in [0.15, 0.2) is 35.7 Å². The molecule has 3 aromatic rings. The lowest BCUT2D eigenvalue weighted by Gasteiger charge is -2.08. The van der Waals surface area contributed by atoms with Crippen LogP contribution in [0.4, 0.5) is 17.5 Å². The zero-order valence-corrected chi connectivity index (χ0v) is 13.7. The lowest BCUT2D eigenvalue weighted by molar-refractivity contribution is 0.0956. The van der Waals surface area contributed by atoms with E-state index >= 15 is 0 Å². The molecule has 0 saturated carbocycles. The molecule has 0 radical (unpaired) electrons. The summed E-state index contributed by atoms with van der Waals surface area (Å²) in [6.45, 7) is 2.51. The second kappa shape index (κ2) is 6.62. The third-order valence-corrected chi connectivity index (χ3v) is 4.19. The van der Waals surface area contributed by atoms with Crippen molar-refractivity contribution >= 4 is 44.9 Å². The zero-order chi connectivity index (χ0) is 16.2. The van der Waals surface area contributed by atoms with Crippen molar-refractivity contribution in [2.45, 2.75) is 6.92 Å². The van der Waals surface area contributed by atoms with E-state index in [1.165, 1.54) is 0 Å². The summed E-state index contributed by atoms with van der Waals surface area (Å²) in [5, 5.41) is 11.0. The molecule has 2 aromatic heterocycles. The molecule has 0 atom stereocenters. The van der Waals surface area contributed by atoms with Gasteiger partial charge < -0.3 is 16.0 Å². The first-order valence-electron chi connectivity index (χ1n) is 7.29. The number of nitrogens with zero attached hydrogens (tertiary/aromatic N) is 2. The van der Waals surface area contributed by atoms with Crippen LogP contribution in [-0.2, 0) is 0 Å². The Bertz CT molecular complexity index is 828. The number of carbonyl (C=O) groups is 1. The fourth-order valence-corrected chi connectivity index (χ4v) is 3.01. The number of benzene rings is 1. The van der Waals surface area contributed by atoms with Crippen LogP contribution in [0.25, 0.3) is 10.2 Å². The molecule has 6 nitrogen and oxygen atoms in total. The minimum absolute atomic E-state index is 0.0764. The van der Waals surface area contributed by atoms with Gasteiger partial charge >= 0.3 is 0 Å². The molecule has 1 aromatic carbocycles. The van der Waals surface area contributed by atoms with Gasteiger partial charge in [0.15, 0.2) is 0 Å². The van der Waals surface area contributed by atoms with Crippen molar-refractivity contribution in [2.24, 2.45) is 0 Å². The van der Waals surface area contributed by atoms with Crippen molar-refractivity contribution in [1.82, 2.24) is 15.3 Å². The molecule has 0 saturated heterocycles. The second-order valence-electron chi connectivity index (χ2n) is 4.84. The number of anilines is 3. The molecule has 23 heavy (non-hydrogen) atoms. The first-order valence-corrected chi connectivity index (χ1v) is 8.17. The second-order valence-corrected chi connectivity index (χ2v) is 5.76. The maximum Gasteiger partial charge on any atom is 0.251 e. The summed E-state index contributed by atoms with van der Waals surface area (Å²) in [5.74, 6) is 1.24. The SMILES string of the molecule is CCNC(=O)c1ccc(Nc2nc(NC)c3sccc3n2)cc1. The smallest absolute Gasteiger partial charge is 0.251 e.